The highest BCUT2D eigenvalue weighted by molar-refractivity contribution is 6.09. The van der Waals surface area contributed by atoms with Crippen molar-refractivity contribution in [1.82, 2.24) is 0 Å². The molecule has 0 aliphatic rings. The van der Waals surface area contributed by atoms with Gasteiger partial charge in [0, 0.05) is 5.56 Å². The molecule has 0 bridgehead atoms. The van der Waals surface area contributed by atoms with E-state index in [9.17, 15) is 13.6 Å². The molecule has 0 aliphatic heterocycles. The van der Waals surface area contributed by atoms with Crippen LogP contribution in [0.25, 0.3) is 0 Å². The highest BCUT2D eigenvalue weighted by Crippen LogP contribution is 2.23. The number of nitrogen functional groups attached to an aromatic ring is 1. The van der Waals surface area contributed by atoms with Crippen LogP contribution in [0, 0.1) is 11.6 Å². The standard InChI is InChI=1S/C16H15F2NO/c1-9(2)10-3-5-11(6-4-10)16(20)14-12(17)7-8-13(19)15(14)18/h3-9H,19H2,1-2H3. The van der Waals surface area contributed by atoms with Crippen molar-refractivity contribution in [1.29, 1.82) is 0 Å². The molecule has 0 radical (unpaired) electrons. The Bertz CT molecular complexity index is 648. The molecule has 0 aliphatic carbocycles. The van der Waals surface area contributed by atoms with E-state index in [2.05, 4.69) is 0 Å². The van der Waals surface area contributed by atoms with E-state index in [4.69, 9.17) is 5.73 Å². The molecule has 0 aromatic heterocycles. The predicted molar refractivity (Wildman–Crippen MR) is 74.7 cm³/mol. The van der Waals surface area contributed by atoms with E-state index in [1.165, 1.54) is 0 Å². The van der Waals surface area contributed by atoms with Crippen molar-refractivity contribution < 1.29 is 13.6 Å². The summed E-state index contributed by atoms with van der Waals surface area (Å²) >= 11 is 0. The fourth-order valence-electron chi connectivity index (χ4n) is 1.94. The molecule has 20 heavy (non-hydrogen) atoms. The van der Waals surface area contributed by atoms with Crippen molar-refractivity contribution in [2.75, 3.05) is 5.73 Å². The Morgan fingerprint density at radius 1 is 1.05 bits per heavy atom. The number of hydrogen-bond acceptors (Lipinski definition) is 2. The van der Waals surface area contributed by atoms with Gasteiger partial charge in [-0.1, -0.05) is 38.1 Å². The molecule has 0 heterocycles. The van der Waals surface area contributed by atoms with Gasteiger partial charge in [0.2, 0.25) is 0 Å². The van der Waals surface area contributed by atoms with Gasteiger partial charge < -0.3 is 5.73 Å². The van der Waals surface area contributed by atoms with E-state index in [1.807, 2.05) is 13.8 Å². The molecule has 0 saturated carbocycles. The SMILES string of the molecule is CC(C)c1ccc(C(=O)c2c(F)ccc(N)c2F)cc1. The van der Waals surface area contributed by atoms with Gasteiger partial charge in [0.25, 0.3) is 0 Å². The highest BCUT2D eigenvalue weighted by atomic mass is 19.1. The molecule has 0 spiro atoms. The van der Waals surface area contributed by atoms with Crippen molar-refractivity contribution in [2.45, 2.75) is 19.8 Å². The van der Waals surface area contributed by atoms with Crippen LogP contribution in [0.15, 0.2) is 36.4 Å². The van der Waals surface area contributed by atoms with Gasteiger partial charge >= 0.3 is 0 Å². The Morgan fingerprint density at radius 3 is 2.20 bits per heavy atom. The smallest absolute Gasteiger partial charge is 0.199 e. The number of halogens is 2. The highest BCUT2D eigenvalue weighted by Gasteiger charge is 2.20. The molecule has 2 N–H and O–H groups in total. The Balaban J connectivity index is 2.44. The van der Waals surface area contributed by atoms with E-state index in [1.54, 1.807) is 24.3 Å². The Labute approximate surface area is 116 Å². The van der Waals surface area contributed by atoms with Crippen molar-refractivity contribution in [2.24, 2.45) is 0 Å². The zero-order chi connectivity index (χ0) is 14.9. The fourth-order valence-corrected chi connectivity index (χ4v) is 1.94. The lowest BCUT2D eigenvalue weighted by Gasteiger charge is -2.08. The molecular weight excluding hydrogens is 260 g/mol. The molecule has 2 nitrogen and oxygen atoms in total. The van der Waals surface area contributed by atoms with Gasteiger partial charge in [0.15, 0.2) is 11.6 Å². The van der Waals surface area contributed by atoms with Gasteiger partial charge in [-0.3, -0.25) is 4.79 Å². The van der Waals surface area contributed by atoms with E-state index >= 15 is 0 Å². The summed E-state index contributed by atoms with van der Waals surface area (Å²) < 4.78 is 27.5. The number of nitrogens with two attached hydrogens (primary N) is 1. The molecule has 2 aromatic carbocycles. The minimum absolute atomic E-state index is 0.234. The minimum Gasteiger partial charge on any atom is -0.396 e. The topological polar surface area (TPSA) is 43.1 Å². The molecule has 2 aromatic rings. The van der Waals surface area contributed by atoms with Gasteiger partial charge in [-0.05, 0) is 23.6 Å². The van der Waals surface area contributed by atoms with E-state index in [0.717, 1.165) is 17.7 Å². The van der Waals surface area contributed by atoms with Crippen LogP contribution in [-0.4, -0.2) is 5.78 Å². The number of carbonyl (C=O) groups excluding carboxylic acids is 1. The summed E-state index contributed by atoms with van der Waals surface area (Å²) in [6.07, 6.45) is 0. The van der Waals surface area contributed by atoms with Gasteiger partial charge in [0.05, 0.1) is 11.3 Å². The normalized spacial score (nSPS) is 10.8. The molecule has 0 amide bonds. The van der Waals surface area contributed by atoms with Crippen molar-refractivity contribution in [3.8, 4) is 0 Å². The molecule has 0 atom stereocenters. The summed E-state index contributed by atoms with van der Waals surface area (Å²) in [5.74, 6) is -2.31. The quantitative estimate of drug-likeness (QED) is 0.682. The third kappa shape index (κ3) is 2.54. The van der Waals surface area contributed by atoms with Gasteiger partial charge in [-0.15, -0.1) is 0 Å². The number of anilines is 1. The van der Waals surface area contributed by atoms with E-state index in [-0.39, 0.29) is 11.3 Å². The van der Waals surface area contributed by atoms with Crippen molar-refractivity contribution in [3.05, 3.63) is 64.7 Å². The maximum absolute atomic E-state index is 13.8. The first kappa shape index (κ1) is 14.2. The molecular formula is C16H15F2NO. The lowest BCUT2D eigenvalue weighted by atomic mass is 9.97. The molecule has 0 saturated heterocycles. The van der Waals surface area contributed by atoms with Crippen LogP contribution in [-0.2, 0) is 0 Å². The summed E-state index contributed by atoms with van der Waals surface area (Å²) in [6.45, 7) is 4.04. The summed E-state index contributed by atoms with van der Waals surface area (Å²) in [6, 6.07) is 8.79. The number of rotatable bonds is 3. The van der Waals surface area contributed by atoms with Crippen molar-refractivity contribution in [3.63, 3.8) is 0 Å². The maximum atomic E-state index is 13.8. The molecule has 4 heteroatoms. The first-order chi connectivity index (χ1) is 9.41. The Hall–Kier alpha value is -2.23. The van der Waals surface area contributed by atoms with Crippen LogP contribution in [0.2, 0.25) is 0 Å². The van der Waals surface area contributed by atoms with E-state index < -0.39 is 23.0 Å². The lowest BCUT2D eigenvalue weighted by molar-refractivity contribution is 0.103. The van der Waals surface area contributed by atoms with Crippen molar-refractivity contribution >= 4 is 11.5 Å². The van der Waals surface area contributed by atoms with Crippen LogP contribution in [0.3, 0.4) is 0 Å². The maximum Gasteiger partial charge on any atom is 0.199 e. The van der Waals surface area contributed by atoms with Gasteiger partial charge in [-0.25, -0.2) is 8.78 Å². The van der Waals surface area contributed by atoms with E-state index in [0.29, 0.717) is 5.92 Å². The van der Waals surface area contributed by atoms with Crippen LogP contribution in [0.5, 0.6) is 0 Å². The molecule has 2 rings (SSSR count). The first-order valence-electron chi connectivity index (χ1n) is 6.30. The number of hydrogen-bond donors (Lipinski definition) is 1. The molecule has 104 valence electrons. The fraction of sp³-hybridized carbons (Fsp3) is 0.188. The van der Waals surface area contributed by atoms with Gasteiger partial charge in [0.1, 0.15) is 5.82 Å². The van der Waals surface area contributed by atoms with Crippen LogP contribution in [0.4, 0.5) is 14.5 Å². The number of ketones is 1. The predicted octanol–water partition coefficient (Wildman–Crippen LogP) is 3.90. The van der Waals surface area contributed by atoms with Crippen LogP contribution < -0.4 is 5.73 Å². The second kappa shape index (κ2) is 5.41. The first-order valence-corrected chi connectivity index (χ1v) is 6.30. The summed E-state index contributed by atoms with van der Waals surface area (Å²) in [7, 11) is 0. The molecule has 0 unspecified atom stereocenters. The van der Waals surface area contributed by atoms with Crippen LogP contribution in [0.1, 0.15) is 41.3 Å². The second-order valence-electron chi connectivity index (χ2n) is 4.93. The molecule has 0 fully saturated rings. The average molecular weight is 275 g/mol. The lowest BCUT2D eigenvalue weighted by Crippen LogP contribution is -2.09. The Morgan fingerprint density at radius 2 is 1.65 bits per heavy atom. The third-order valence-electron chi connectivity index (χ3n) is 3.19. The zero-order valence-corrected chi connectivity index (χ0v) is 11.3. The second-order valence-corrected chi connectivity index (χ2v) is 4.93. The zero-order valence-electron chi connectivity index (χ0n) is 11.3. The minimum atomic E-state index is -1.01. The third-order valence-corrected chi connectivity index (χ3v) is 3.19. The van der Waals surface area contributed by atoms with Crippen LogP contribution >= 0.6 is 0 Å². The largest absolute Gasteiger partial charge is 0.396 e. The number of benzene rings is 2. The monoisotopic (exact) mass is 275 g/mol. The Kier molecular flexibility index (Phi) is 3.84. The average Bonchev–Trinajstić information content (AvgIpc) is 2.43. The summed E-state index contributed by atoms with van der Waals surface area (Å²) in [4.78, 5) is 12.2. The number of carbonyl (C=O) groups is 1. The summed E-state index contributed by atoms with van der Waals surface area (Å²) in [5.41, 5.74) is 5.81. The summed E-state index contributed by atoms with van der Waals surface area (Å²) in [5, 5.41) is 0. The van der Waals surface area contributed by atoms with Gasteiger partial charge in [-0.2, -0.15) is 0 Å².